The Balaban J connectivity index is 1.45. The van der Waals surface area contributed by atoms with Crippen LogP contribution in [0.4, 0.5) is 4.39 Å². The largest absolute Gasteiger partial charge is 0.391 e. The molecule has 0 aliphatic heterocycles. The highest BCUT2D eigenvalue weighted by Gasteiger charge is 2.36. The van der Waals surface area contributed by atoms with Gasteiger partial charge in [-0.05, 0) is 118 Å². The quantitative estimate of drug-likeness (QED) is 0.0111. The number of guanidine groups is 1. The van der Waals surface area contributed by atoms with Crippen LogP contribution in [0.25, 0.3) is 10.9 Å². The summed E-state index contributed by atoms with van der Waals surface area (Å²) in [6, 6.07) is 26.3. The summed E-state index contributed by atoms with van der Waals surface area (Å²) < 4.78 is 13.6. The number of unbranched alkanes of at least 4 members (excludes halogenated alkanes) is 2. The minimum Gasteiger partial charge on any atom is -0.391 e. The third kappa shape index (κ3) is 22.4. The summed E-state index contributed by atoms with van der Waals surface area (Å²) in [6.45, 7) is 2.25. The van der Waals surface area contributed by atoms with E-state index in [0.29, 0.717) is 80.2 Å². The van der Waals surface area contributed by atoms with E-state index in [2.05, 4.69) is 25.9 Å². The van der Waals surface area contributed by atoms with Gasteiger partial charge in [0.2, 0.25) is 17.7 Å². The zero-order valence-corrected chi connectivity index (χ0v) is 48.1. The molecule has 3 amide bonds. The Kier molecular flexibility index (Phi) is 28.2. The average Bonchev–Trinajstić information content (AvgIpc) is 4.15. The molecule has 84 heavy (non-hydrogen) atoms. The number of para-hydroxylation sites is 1. The molecular formula is C64H85FN10O9. The Morgan fingerprint density at radius 3 is 1.69 bits per heavy atom. The molecule has 5 rings (SSSR count). The highest BCUT2D eigenvalue weighted by molar-refractivity contribution is 5.98. The van der Waals surface area contributed by atoms with Crippen LogP contribution < -0.4 is 44.6 Å². The maximum atomic E-state index is 15.1. The number of aromatic amines is 1. The number of nitrogens with one attached hydrogen (secondary N) is 4. The number of aliphatic imine (C=N–C) groups is 1. The number of hydrogen-bond donors (Lipinski definition) is 10. The number of benzene rings is 4. The van der Waals surface area contributed by atoms with Crippen LogP contribution in [-0.2, 0) is 64.0 Å². The number of rotatable bonds is 40. The van der Waals surface area contributed by atoms with Crippen molar-refractivity contribution in [3.05, 3.63) is 143 Å². The van der Waals surface area contributed by atoms with Crippen molar-refractivity contribution in [3.63, 3.8) is 0 Å². The highest BCUT2D eigenvalue weighted by Crippen LogP contribution is 2.25. The van der Waals surface area contributed by atoms with Crippen LogP contribution in [0.5, 0.6) is 0 Å². The smallest absolute Gasteiger partial charge is 0.224 e. The van der Waals surface area contributed by atoms with Crippen molar-refractivity contribution in [2.24, 2.45) is 57.3 Å². The molecule has 0 spiro atoms. The van der Waals surface area contributed by atoms with E-state index in [1.807, 2.05) is 60.7 Å². The topological polar surface area (TPSA) is 351 Å². The number of halogens is 1. The third-order valence-corrected chi connectivity index (χ3v) is 15.2. The maximum Gasteiger partial charge on any atom is 0.224 e. The lowest BCUT2D eigenvalue weighted by Gasteiger charge is -2.27. The summed E-state index contributed by atoms with van der Waals surface area (Å²) in [7, 11) is 0. The standard InChI is InChI=1S/C64H85FN10O9/c1-41(77)60(59(81)34-45(40-76)31-44-24-26-50(65)27-25-44)75-62(83)46(19-10-12-28-66)37-57(79)55(35-49-39-72-53-23-9-8-21-51(49)53)74-63(84)48(32-42-15-4-2-5-16-42)38-58(80)54(33-43-17-6-3-7-18-43)73-61(82)47(20-14-30-71-64(69)70)36-56(78)52(68)22-11-13-29-67/h2-9,15-18,21,23-27,39-41,45-48,52,54-55,60,72,77H,10-14,19-20,22,28-38,66-68H2,1H3,(H,73,82)(H,74,84)(H,75,83)(H4,69,70,71)/t41-,45-,46-,47-,48-,52-,54+,55-,60+/m1/s1. The molecule has 0 radical (unpaired) electrons. The molecule has 0 saturated heterocycles. The van der Waals surface area contributed by atoms with Gasteiger partial charge in [0.05, 0.1) is 24.2 Å². The number of nitrogens with zero attached hydrogens (tertiary/aromatic N) is 1. The Bertz CT molecular complexity index is 2940. The summed E-state index contributed by atoms with van der Waals surface area (Å²) in [6.07, 6.45) is 3.08. The summed E-state index contributed by atoms with van der Waals surface area (Å²) in [5.74, 6) is -8.38. The van der Waals surface area contributed by atoms with E-state index >= 15 is 14.4 Å². The fourth-order valence-corrected chi connectivity index (χ4v) is 10.4. The molecule has 9 atom stereocenters. The van der Waals surface area contributed by atoms with E-state index in [1.54, 1.807) is 30.5 Å². The molecular weight excluding hydrogens is 1070 g/mol. The van der Waals surface area contributed by atoms with Crippen molar-refractivity contribution in [1.82, 2.24) is 20.9 Å². The van der Waals surface area contributed by atoms with Gasteiger partial charge < -0.3 is 59.5 Å². The van der Waals surface area contributed by atoms with Crippen LogP contribution in [0.3, 0.4) is 0 Å². The molecule has 0 aliphatic carbocycles. The number of ketones is 4. The molecule has 4 aromatic carbocycles. The maximum absolute atomic E-state index is 15.1. The molecule has 15 N–H and O–H groups in total. The number of Topliss-reactive ketones (excluding diaryl/α,β-unsaturated/α-hetero) is 4. The summed E-state index contributed by atoms with van der Waals surface area (Å²) >= 11 is 0. The van der Waals surface area contributed by atoms with Gasteiger partial charge in [-0.2, -0.15) is 0 Å². The van der Waals surface area contributed by atoms with Gasteiger partial charge in [-0.25, -0.2) is 4.39 Å². The van der Waals surface area contributed by atoms with E-state index in [0.717, 1.165) is 10.9 Å². The number of amides is 3. The zero-order valence-electron chi connectivity index (χ0n) is 48.1. The first-order valence-corrected chi connectivity index (χ1v) is 29.1. The Morgan fingerprint density at radius 1 is 0.583 bits per heavy atom. The lowest BCUT2D eigenvalue weighted by Crippen LogP contribution is -2.51. The molecule has 0 fully saturated rings. The minimum absolute atomic E-state index is 0.0275. The number of H-pyrrole nitrogens is 1. The van der Waals surface area contributed by atoms with Crippen LogP contribution in [0, 0.1) is 29.5 Å². The molecule has 0 bridgehead atoms. The fourth-order valence-electron chi connectivity index (χ4n) is 10.4. The first-order chi connectivity index (χ1) is 40.4. The van der Waals surface area contributed by atoms with Gasteiger partial charge in [-0.15, -0.1) is 0 Å². The Hall–Kier alpha value is -7.78. The normalized spacial score (nSPS) is 14.5. The van der Waals surface area contributed by atoms with Crippen LogP contribution in [0.1, 0.15) is 106 Å². The number of nitrogens with two attached hydrogens (primary N) is 5. The van der Waals surface area contributed by atoms with Gasteiger partial charge in [0.25, 0.3) is 0 Å². The molecule has 1 heterocycles. The van der Waals surface area contributed by atoms with Gasteiger partial charge >= 0.3 is 0 Å². The number of aliphatic hydroxyl groups excluding tert-OH is 1. The predicted octanol–water partition coefficient (Wildman–Crippen LogP) is 4.55. The van der Waals surface area contributed by atoms with Crippen LogP contribution >= 0.6 is 0 Å². The lowest BCUT2D eigenvalue weighted by atomic mass is 9.87. The van der Waals surface area contributed by atoms with Crippen molar-refractivity contribution < 1.29 is 47.9 Å². The van der Waals surface area contributed by atoms with Gasteiger partial charge in [-0.3, -0.25) is 38.6 Å². The first-order valence-electron chi connectivity index (χ1n) is 29.1. The SMILES string of the molecule is C[C@@H](O)[C@H](NC(=O)[C@H](CCCCN)CC(=O)[C@@H](Cc1c[nH]c2ccccc12)NC(=O)[C@@H](CC(=O)[C@H](Cc1ccccc1)NC(=O)[C@H](CCCN=C(N)N)CC(=O)[C@H](N)CCCCN)Cc1ccccc1)C(=O)C[C@H](C=O)Cc1ccc(F)cc1. The summed E-state index contributed by atoms with van der Waals surface area (Å²) in [5.41, 5.74) is 32.5. The predicted molar refractivity (Wildman–Crippen MR) is 322 cm³/mol. The van der Waals surface area contributed by atoms with E-state index < -0.39 is 101 Å². The molecule has 5 aromatic rings. The second kappa shape index (κ2) is 35.4. The average molecular weight is 1160 g/mol. The second-order valence-electron chi connectivity index (χ2n) is 21.9. The number of carbonyl (C=O) groups is 8. The Morgan fingerprint density at radius 2 is 1.10 bits per heavy atom. The summed E-state index contributed by atoms with van der Waals surface area (Å²) in [4.78, 5) is 121. The molecule has 19 nitrogen and oxygen atoms in total. The first kappa shape index (κ1) is 67.0. The van der Waals surface area contributed by atoms with Crippen molar-refractivity contribution in [1.29, 1.82) is 0 Å². The summed E-state index contributed by atoms with van der Waals surface area (Å²) in [5, 5.41) is 20.3. The number of aldehydes is 1. The van der Waals surface area contributed by atoms with Crippen LogP contribution in [0.2, 0.25) is 0 Å². The van der Waals surface area contributed by atoms with Crippen LogP contribution in [-0.4, -0.2) is 113 Å². The number of aliphatic hydroxyl groups is 1. The van der Waals surface area contributed by atoms with Gasteiger partial charge in [0.15, 0.2) is 23.3 Å². The van der Waals surface area contributed by atoms with E-state index in [1.165, 1.54) is 31.2 Å². The van der Waals surface area contributed by atoms with Gasteiger partial charge in [0, 0.05) is 79.4 Å². The molecule has 452 valence electrons. The fraction of sp³-hybridized carbons (Fsp3) is 0.453. The van der Waals surface area contributed by atoms with E-state index in [-0.39, 0.29) is 76.1 Å². The third-order valence-electron chi connectivity index (χ3n) is 15.2. The molecule has 0 unspecified atom stereocenters. The molecule has 20 heteroatoms. The molecule has 0 aliphatic rings. The lowest BCUT2D eigenvalue weighted by molar-refractivity contribution is -0.136. The van der Waals surface area contributed by atoms with Crippen LogP contribution in [0.15, 0.2) is 120 Å². The van der Waals surface area contributed by atoms with Crippen molar-refractivity contribution in [3.8, 4) is 0 Å². The zero-order chi connectivity index (χ0) is 61.0. The van der Waals surface area contributed by atoms with Gasteiger partial charge in [-0.1, -0.05) is 104 Å². The minimum atomic E-state index is -1.45. The molecule has 0 saturated carbocycles. The monoisotopic (exact) mass is 1160 g/mol. The number of fused-ring (bicyclic) bond motifs is 1. The van der Waals surface area contributed by atoms with Crippen molar-refractivity contribution >= 4 is 64.0 Å². The van der Waals surface area contributed by atoms with Crippen molar-refractivity contribution in [2.75, 3.05) is 19.6 Å². The second-order valence-corrected chi connectivity index (χ2v) is 21.9. The number of carbonyl (C=O) groups excluding carboxylic acids is 8. The molecule has 1 aromatic heterocycles. The highest BCUT2D eigenvalue weighted by atomic mass is 19.1. The number of hydrogen-bond acceptors (Lipinski definition) is 13. The Labute approximate surface area is 491 Å². The van der Waals surface area contributed by atoms with Crippen molar-refractivity contribution in [2.45, 2.75) is 140 Å². The van der Waals surface area contributed by atoms with E-state index in [4.69, 9.17) is 28.7 Å². The number of aromatic nitrogens is 1. The van der Waals surface area contributed by atoms with Gasteiger partial charge in [0.1, 0.15) is 23.9 Å². The van der Waals surface area contributed by atoms with E-state index in [9.17, 15) is 33.5 Å².